The molecule has 1 unspecified atom stereocenters. The molecule has 0 heterocycles. The van der Waals surface area contributed by atoms with Crippen LogP contribution in [0.4, 0.5) is 10.5 Å². The molecule has 4 N–H and O–H groups in total. The molecule has 1 aromatic carbocycles. The minimum absolute atomic E-state index is 0.133. The topological polar surface area (TPSA) is 108 Å². The number of urea groups is 1. The maximum Gasteiger partial charge on any atom is 0.335 e. The van der Waals surface area contributed by atoms with Gasteiger partial charge in [-0.1, -0.05) is 6.92 Å². The summed E-state index contributed by atoms with van der Waals surface area (Å²) in [6.07, 6.45) is 0.820. The van der Waals surface area contributed by atoms with Crippen molar-refractivity contribution in [2.75, 3.05) is 11.9 Å². The third-order valence-corrected chi connectivity index (χ3v) is 2.68. The Hall–Kier alpha value is -2.57. The quantitative estimate of drug-likeness (QED) is 0.636. The first-order chi connectivity index (χ1) is 9.93. The lowest BCUT2D eigenvalue weighted by Gasteiger charge is -2.14. The normalized spacial score (nSPS) is 11.3. The Morgan fingerprint density at radius 3 is 2.33 bits per heavy atom. The predicted molar refractivity (Wildman–Crippen MR) is 78.3 cm³/mol. The molecule has 0 fully saturated rings. The highest BCUT2D eigenvalue weighted by Crippen LogP contribution is 2.09. The van der Waals surface area contributed by atoms with Crippen molar-refractivity contribution in [2.24, 2.45) is 0 Å². The zero-order chi connectivity index (χ0) is 15.8. The Morgan fingerprint density at radius 2 is 1.81 bits per heavy atom. The highest BCUT2D eigenvalue weighted by molar-refractivity contribution is 5.94. The van der Waals surface area contributed by atoms with Crippen LogP contribution in [0.25, 0.3) is 0 Å². The number of aromatic carboxylic acids is 1. The van der Waals surface area contributed by atoms with E-state index in [1.807, 2.05) is 6.92 Å². The van der Waals surface area contributed by atoms with Crippen molar-refractivity contribution in [3.8, 4) is 0 Å². The lowest BCUT2D eigenvalue weighted by molar-refractivity contribution is -0.122. The Morgan fingerprint density at radius 1 is 1.19 bits per heavy atom. The molecule has 0 saturated carbocycles. The molecule has 21 heavy (non-hydrogen) atoms. The van der Waals surface area contributed by atoms with Crippen molar-refractivity contribution in [3.05, 3.63) is 29.8 Å². The number of carbonyl (C=O) groups is 3. The summed E-state index contributed by atoms with van der Waals surface area (Å²) in [5, 5.41) is 16.5. The van der Waals surface area contributed by atoms with Gasteiger partial charge in [-0.15, -0.1) is 0 Å². The summed E-state index contributed by atoms with van der Waals surface area (Å²) < 4.78 is 0. The molecule has 1 rings (SSSR count). The van der Waals surface area contributed by atoms with Crippen LogP contribution in [0.5, 0.6) is 0 Å². The second-order valence-corrected chi connectivity index (χ2v) is 4.49. The number of benzene rings is 1. The van der Waals surface area contributed by atoms with Gasteiger partial charge in [0, 0.05) is 12.2 Å². The molecule has 3 amide bonds. The Kier molecular flexibility index (Phi) is 6.19. The van der Waals surface area contributed by atoms with Crippen LogP contribution in [0.2, 0.25) is 0 Å². The van der Waals surface area contributed by atoms with Gasteiger partial charge in [-0.25, -0.2) is 9.59 Å². The summed E-state index contributed by atoms with van der Waals surface area (Å²) in [5.74, 6) is -1.29. The van der Waals surface area contributed by atoms with E-state index in [1.165, 1.54) is 24.3 Å². The van der Waals surface area contributed by atoms with E-state index in [2.05, 4.69) is 16.0 Å². The molecular weight excluding hydrogens is 274 g/mol. The summed E-state index contributed by atoms with van der Waals surface area (Å²) in [7, 11) is 0. The summed E-state index contributed by atoms with van der Waals surface area (Å²) >= 11 is 0. The first kappa shape index (κ1) is 16.5. The van der Waals surface area contributed by atoms with Crippen molar-refractivity contribution < 1.29 is 19.5 Å². The molecule has 7 nitrogen and oxygen atoms in total. The second kappa shape index (κ2) is 7.88. The van der Waals surface area contributed by atoms with E-state index in [4.69, 9.17) is 5.11 Å². The van der Waals surface area contributed by atoms with Gasteiger partial charge in [0.25, 0.3) is 0 Å². The van der Waals surface area contributed by atoms with Crippen LogP contribution in [0.1, 0.15) is 30.6 Å². The molecular formula is C14H19N3O4. The molecule has 0 aliphatic carbocycles. The lowest BCUT2D eigenvalue weighted by atomic mass is 10.2. The molecule has 0 saturated heterocycles. The fraction of sp³-hybridized carbons (Fsp3) is 0.357. The zero-order valence-electron chi connectivity index (χ0n) is 12.0. The van der Waals surface area contributed by atoms with Crippen molar-refractivity contribution in [2.45, 2.75) is 26.3 Å². The number of carboxylic acids is 1. The van der Waals surface area contributed by atoms with Crippen molar-refractivity contribution in [3.63, 3.8) is 0 Å². The van der Waals surface area contributed by atoms with Gasteiger partial charge in [0.2, 0.25) is 5.91 Å². The van der Waals surface area contributed by atoms with Crippen LogP contribution in [-0.4, -0.2) is 35.6 Å². The number of nitrogens with one attached hydrogen (secondary N) is 3. The molecule has 114 valence electrons. The highest BCUT2D eigenvalue weighted by atomic mass is 16.4. The van der Waals surface area contributed by atoms with E-state index in [-0.39, 0.29) is 11.5 Å². The second-order valence-electron chi connectivity index (χ2n) is 4.49. The minimum atomic E-state index is -1.03. The number of carbonyl (C=O) groups excluding carboxylic acids is 2. The molecule has 0 radical (unpaired) electrons. The van der Waals surface area contributed by atoms with Gasteiger partial charge in [-0.2, -0.15) is 0 Å². The number of carboxylic acid groups (broad SMARTS) is 1. The highest BCUT2D eigenvalue weighted by Gasteiger charge is 2.14. The first-order valence-electron chi connectivity index (χ1n) is 6.62. The Balaban J connectivity index is 2.49. The average Bonchev–Trinajstić information content (AvgIpc) is 2.45. The van der Waals surface area contributed by atoms with Gasteiger partial charge < -0.3 is 21.1 Å². The van der Waals surface area contributed by atoms with Gasteiger partial charge in [-0.05, 0) is 37.6 Å². The minimum Gasteiger partial charge on any atom is -0.478 e. The van der Waals surface area contributed by atoms with Crippen LogP contribution >= 0.6 is 0 Å². The summed E-state index contributed by atoms with van der Waals surface area (Å²) in [6, 6.07) is 4.53. The number of anilines is 1. The van der Waals surface area contributed by atoms with Crippen LogP contribution < -0.4 is 16.0 Å². The van der Waals surface area contributed by atoms with Gasteiger partial charge in [-0.3, -0.25) is 4.79 Å². The van der Waals surface area contributed by atoms with E-state index >= 15 is 0 Å². The summed E-state index contributed by atoms with van der Waals surface area (Å²) in [6.45, 7) is 4.08. The smallest absolute Gasteiger partial charge is 0.335 e. The maximum absolute atomic E-state index is 11.7. The number of rotatable bonds is 6. The van der Waals surface area contributed by atoms with Crippen molar-refractivity contribution in [1.29, 1.82) is 0 Å². The molecule has 1 atom stereocenters. The van der Waals surface area contributed by atoms with Crippen LogP contribution in [0.15, 0.2) is 24.3 Å². The predicted octanol–water partition coefficient (Wildman–Crippen LogP) is 1.42. The standard InChI is InChI=1S/C14H19N3O4/c1-3-8-15-12(18)9(2)16-14(21)17-11-6-4-10(5-7-11)13(19)20/h4-7,9H,3,8H2,1-2H3,(H,15,18)(H,19,20)(H2,16,17,21). The fourth-order valence-corrected chi connectivity index (χ4v) is 1.53. The molecule has 0 spiro atoms. The first-order valence-corrected chi connectivity index (χ1v) is 6.62. The lowest BCUT2D eigenvalue weighted by Crippen LogP contribution is -2.46. The molecule has 7 heteroatoms. The Bertz CT molecular complexity index is 513. The van der Waals surface area contributed by atoms with E-state index in [9.17, 15) is 14.4 Å². The van der Waals surface area contributed by atoms with Gasteiger partial charge in [0.05, 0.1) is 5.56 Å². The van der Waals surface area contributed by atoms with Crippen LogP contribution in [-0.2, 0) is 4.79 Å². The van der Waals surface area contributed by atoms with Crippen molar-refractivity contribution in [1.82, 2.24) is 10.6 Å². The van der Waals surface area contributed by atoms with Gasteiger partial charge >= 0.3 is 12.0 Å². The van der Waals surface area contributed by atoms with E-state index in [0.717, 1.165) is 6.42 Å². The monoisotopic (exact) mass is 293 g/mol. The van der Waals surface area contributed by atoms with Gasteiger partial charge in [0.1, 0.15) is 6.04 Å². The molecule has 0 bridgehead atoms. The van der Waals surface area contributed by atoms with Crippen LogP contribution in [0, 0.1) is 0 Å². The average molecular weight is 293 g/mol. The maximum atomic E-state index is 11.7. The summed E-state index contributed by atoms with van der Waals surface area (Å²) in [5.41, 5.74) is 0.576. The molecule has 0 aliphatic rings. The third kappa shape index (κ3) is 5.52. The zero-order valence-corrected chi connectivity index (χ0v) is 12.0. The number of amides is 3. The van der Waals surface area contributed by atoms with Gasteiger partial charge in [0.15, 0.2) is 0 Å². The fourth-order valence-electron chi connectivity index (χ4n) is 1.53. The Labute approximate surface area is 122 Å². The van der Waals surface area contributed by atoms with E-state index in [1.54, 1.807) is 6.92 Å². The van der Waals surface area contributed by atoms with Crippen LogP contribution in [0.3, 0.4) is 0 Å². The number of hydrogen-bond donors (Lipinski definition) is 4. The number of hydrogen-bond acceptors (Lipinski definition) is 3. The van der Waals surface area contributed by atoms with E-state index < -0.39 is 18.0 Å². The third-order valence-electron chi connectivity index (χ3n) is 2.68. The molecule has 0 aromatic heterocycles. The summed E-state index contributed by atoms with van der Waals surface area (Å²) in [4.78, 5) is 34.0. The largest absolute Gasteiger partial charge is 0.478 e. The van der Waals surface area contributed by atoms with Crippen molar-refractivity contribution >= 4 is 23.6 Å². The van der Waals surface area contributed by atoms with E-state index in [0.29, 0.717) is 12.2 Å². The molecule has 0 aliphatic heterocycles. The molecule has 1 aromatic rings. The SMILES string of the molecule is CCCNC(=O)C(C)NC(=O)Nc1ccc(C(=O)O)cc1.